The predicted molar refractivity (Wildman–Crippen MR) is 100 cm³/mol. The van der Waals surface area contributed by atoms with Crippen LogP contribution in [0.5, 0.6) is 0 Å². The molecule has 0 bridgehead atoms. The molecule has 1 aliphatic heterocycles. The summed E-state index contributed by atoms with van der Waals surface area (Å²) in [7, 11) is 0. The highest BCUT2D eigenvalue weighted by molar-refractivity contribution is 5.88. The number of aryl methyl sites for hydroxylation is 1. The van der Waals surface area contributed by atoms with Crippen molar-refractivity contribution in [2.45, 2.75) is 40.0 Å². The summed E-state index contributed by atoms with van der Waals surface area (Å²) >= 11 is 0. The number of carbonyl (C=O) groups excluding carboxylic acids is 1. The normalized spacial score (nSPS) is 17.2. The van der Waals surface area contributed by atoms with Gasteiger partial charge in [0.05, 0.1) is 11.3 Å². The summed E-state index contributed by atoms with van der Waals surface area (Å²) in [5.41, 5.74) is 1.89. The van der Waals surface area contributed by atoms with Gasteiger partial charge in [-0.25, -0.2) is 14.8 Å². The number of aromatic carboxylic acids is 1. The predicted octanol–water partition coefficient (Wildman–Crippen LogP) is 2.91. The lowest BCUT2D eigenvalue weighted by atomic mass is 9.95. The fraction of sp³-hybridized carbons (Fsp3) is 0.450. The Kier molecular flexibility index (Phi) is 4.95. The Morgan fingerprint density at radius 1 is 1.19 bits per heavy atom. The summed E-state index contributed by atoms with van der Waals surface area (Å²) in [6.07, 6.45) is 3.76. The molecule has 1 N–H and O–H groups in total. The maximum atomic E-state index is 12.5. The minimum Gasteiger partial charge on any atom is -0.478 e. The molecular weight excluding hydrogens is 344 g/mol. The molecule has 27 heavy (non-hydrogen) atoms. The third kappa shape index (κ3) is 4.13. The van der Waals surface area contributed by atoms with Gasteiger partial charge in [-0.05, 0) is 25.5 Å². The van der Waals surface area contributed by atoms with Crippen LogP contribution in [0.4, 0.5) is 0 Å². The maximum absolute atomic E-state index is 12.5. The van der Waals surface area contributed by atoms with E-state index in [1.807, 2.05) is 38.7 Å². The van der Waals surface area contributed by atoms with Gasteiger partial charge in [0.15, 0.2) is 0 Å². The van der Waals surface area contributed by atoms with E-state index in [4.69, 9.17) is 0 Å². The number of hydrogen-bond donors (Lipinski definition) is 1. The summed E-state index contributed by atoms with van der Waals surface area (Å²) in [6.45, 7) is 8.96. The molecule has 1 fully saturated rings. The largest absolute Gasteiger partial charge is 0.478 e. The van der Waals surface area contributed by atoms with E-state index in [0.717, 1.165) is 18.7 Å². The number of pyridine rings is 1. The van der Waals surface area contributed by atoms with Crippen molar-refractivity contribution in [2.75, 3.05) is 13.1 Å². The molecule has 0 radical (unpaired) electrons. The third-order valence-electron chi connectivity index (χ3n) is 4.67. The Morgan fingerprint density at radius 3 is 2.59 bits per heavy atom. The van der Waals surface area contributed by atoms with Gasteiger partial charge in [-0.3, -0.25) is 9.78 Å². The van der Waals surface area contributed by atoms with Crippen LogP contribution in [0.2, 0.25) is 0 Å². The highest BCUT2D eigenvalue weighted by Crippen LogP contribution is 2.31. The van der Waals surface area contributed by atoms with Crippen molar-refractivity contribution >= 4 is 11.9 Å². The van der Waals surface area contributed by atoms with Crippen LogP contribution < -0.4 is 0 Å². The monoisotopic (exact) mass is 368 g/mol. The average Bonchev–Trinajstić information content (AvgIpc) is 3.09. The van der Waals surface area contributed by atoms with E-state index in [2.05, 4.69) is 15.0 Å². The maximum Gasteiger partial charge on any atom is 0.337 e. The number of amides is 1. The number of carbonyl (C=O) groups is 2. The Morgan fingerprint density at radius 2 is 1.93 bits per heavy atom. The summed E-state index contributed by atoms with van der Waals surface area (Å²) in [4.78, 5) is 38.6. The standard InChI is InChI=1S/C20H24N4O3/c1-12-22-16(13-5-6-24(11-13)19(27)20(2,3)4)8-17(23-12)14-7-15(18(25)26)10-21-9-14/h7-10,13H,5-6,11H2,1-4H3,(H,25,26). The van der Waals surface area contributed by atoms with Crippen LogP contribution in [-0.2, 0) is 4.79 Å². The van der Waals surface area contributed by atoms with Gasteiger partial charge < -0.3 is 10.0 Å². The fourth-order valence-electron chi connectivity index (χ4n) is 3.31. The molecule has 3 heterocycles. The first kappa shape index (κ1) is 18.9. The second kappa shape index (κ2) is 7.06. The molecule has 1 aliphatic rings. The van der Waals surface area contributed by atoms with Crippen LogP contribution in [-0.4, -0.2) is 49.9 Å². The quantitative estimate of drug-likeness (QED) is 0.895. The Bertz CT molecular complexity index is 889. The first-order valence-corrected chi connectivity index (χ1v) is 8.99. The molecule has 0 spiro atoms. The molecule has 0 aliphatic carbocycles. The number of carboxylic acids is 1. The van der Waals surface area contributed by atoms with Crippen LogP contribution in [0.25, 0.3) is 11.3 Å². The van der Waals surface area contributed by atoms with E-state index in [1.165, 1.54) is 6.20 Å². The molecule has 1 atom stereocenters. The topological polar surface area (TPSA) is 96.3 Å². The molecule has 142 valence electrons. The van der Waals surface area contributed by atoms with Gasteiger partial charge >= 0.3 is 5.97 Å². The lowest BCUT2D eigenvalue weighted by Crippen LogP contribution is -2.37. The minimum atomic E-state index is -1.03. The zero-order valence-corrected chi connectivity index (χ0v) is 16.1. The van der Waals surface area contributed by atoms with Gasteiger partial charge in [-0.1, -0.05) is 20.8 Å². The van der Waals surface area contributed by atoms with Crippen molar-refractivity contribution in [1.82, 2.24) is 19.9 Å². The minimum absolute atomic E-state index is 0.119. The van der Waals surface area contributed by atoms with Crippen LogP contribution in [0.3, 0.4) is 0 Å². The van der Waals surface area contributed by atoms with Crippen molar-refractivity contribution in [3.8, 4) is 11.3 Å². The van der Waals surface area contributed by atoms with Crippen LogP contribution >= 0.6 is 0 Å². The number of aromatic nitrogens is 3. The zero-order valence-electron chi connectivity index (χ0n) is 16.1. The van der Waals surface area contributed by atoms with Crippen molar-refractivity contribution in [3.05, 3.63) is 41.6 Å². The van der Waals surface area contributed by atoms with Crippen LogP contribution in [0.1, 0.15) is 55.0 Å². The molecule has 7 nitrogen and oxygen atoms in total. The molecular formula is C20H24N4O3. The van der Waals surface area contributed by atoms with Crippen molar-refractivity contribution < 1.29 is 14.7 Å². The van der Waals surface area contributed by atoms with Gasteiger partial charge in [-0.15, -0.1) is 0 Å². The van der Waals surface area contributed by atoms with Crippen molar-refractivity contribution in [1.29, 1.82) is 0 Å². The molecule has 0 aromatic carbocycles. The smallest absolute Gasteiger partial charge is 0.337 e. The number of nitrogens with zero attached hydrogens (tertiary/aromatic N) is 4. The van der Waals surface area contributed by atoms with E-state index in [9.17, 15) is 14.7 Å². The summed E-state index contributed by atoms with van der Waals surface area (Å²) in [5.74, 6) is -0.118. The van der Waals surface area contributed by atoms with E-state index in [-0.39, 0.29) is 17.4 Å². The second-order valence-electron chi connectivity index (χ2n) is 7.98. The summed E-state index contributed by atoms with van der Waals surface area (Å²) in [5, 5.41) is 9.17. The molecule has 0 saturated carbocycles. The van der Waals surface area contributed by atoms with E-state index < -0.39 is 11.4 Å². The SMILES string of the molecule is Cc1nc(-c2cncc(C(=O)O)c2)cc(C2CCN(C(=O)C(C)(C)C)C2)n1. The molecule has 3 rings (SSSR count). The number of rotatable bonds is 3. The van der Waals surface area contributed by atoms with Gasteiger partial charge in [0, 0.05) is 48.1 Å². The third-order valence-corrected chi connectivity index (χ3v) is 4.67. The Hall–Kier alpha value is -2.83. The summed E-state index contributed by atoms with van der Waals surface area (Å²) in [6, 6.07) is 3.44. The molecule has 2 aromatic rings. The summed E-state index contributed by atoms with van der Waals surface area (Å²) < 4.78 is 0. The zero-order chi connectivity index (χ0) is 19.8. The molecule has 1 unspecified atom stereocenters. The van der Waals surface area contributed by atoms with Crippen molar-refractivity contribution in [3.63, 3.8) is 0 Å². The molecule has 2 aromatic heterocycles. The fourth-order valence-corrected chi connectivity index (χ4v) is 3.31. The Labute approximate surface area is 158 Å². The molecule has 1 saturated heterocycles. The van der Waals surface area contributed by atoms with Crippen LogP contribution in [0.15, 0.2) is 24.5 Å². The second-order valence-corrected chi connectivity index (χ2v) is 7.98. The van der Waals surface area contributed by atoms with Gasteiger partial charge in [0.25, 0.3) is 0 Å². The number of likely N-dealkylation sites (tertiary alicyclic amines) is 1. The van der Waals surface area contributed by atoms with Crippen LogP contribution in [0, 0.1) is 12.3 Å². The molecule has 1 amide bonds. The van der Waals surface area contributed by atoms with E-state index in [0.29, 0.717) is 23.6 Å². The first-order valence-electron chi connectivity index (χ1n) is 8.99. The highest BCUT2D eigenvalue weighted by atomic mass is 16.4. The lowest BCUT2D eigenvalue weighted by Gasteiger charge is -2.25. The number of carboxylic acid groups (broad SMARTS) is 1. The Balaban J connectivity index is 1.88. The number of hydrogen-bond acceptors (Lipinski definition) is 5. The first-order chi connectivity index (χ1) is 12.6. The van der Waals surface area contributed by atoms with Gasteiger partial charge in [0.1, 0.15) is 5.82 Å². The highest BCUT2D eigenvalue weighted by Gasteiger charge is 2.34. The van der Waals surface area contributed by atoms with Gasteiger partial charge in [-0.2, -0.15) is 0 Å². The molecule has 7 heteroatoms. The average molecular weight is 368 g/mol. The van der Waals surface area contributed by atoms with E-state index in [1.54, 1.807) is 12.3 Å². The van der Waals surface area contributed by atoms with Gasteiger partial charge in [0.2, 0.25) is 5.91 Å². The lowest BCUT2D eigenvalue weighted by molar-refractivity contribution is -0.138. The van der Waals surface area contributed by atoms with Crippen molar-refractivity contribution in [2.24, 2.45) is 5.41 Å². The van der Waals surface area contributed by atoms with E-state index >= 15 is 0 Å².